The molecule has 0 amide bonds. The molecule has 0 aromatic carbocycles. The molecule has 1 aliphatic rings. The summed E-state index contributed by atoms with van der Waals surface area (Å²) in [6.07, 6.45) is 6.90. The minimum absolute atomic E-state index is 0.289. The largest absolute Gasteiger partial charge is 0.522 e. The normalized spacial score (nSPS) is 18.4. The molecule has 0 aromatic heterocycles. The quantitative estimate of drug-likeness (QED) is 0.699. The molecule has 1 fully saturated rings. The molecule has 0 saturated heterocycles. The van der Waals surface area contributed by atoms with Gasteiger partial charge in [-0.1, -0.05) is 49.6 Å². The fourth-order valence-electron chi connectivity index (χ4n) is 2.24. The van der Waals surface area contributed by atoms with Crippen LogP contribution < -0.4 is 5.32 Å². The molecular weight excluding hydrogens is 279 g/mol. The van der Waals surface area contributed by atoms with Crippen LogP contribution in [0.2, 0.25) is 0 Å². The van der Waals surface area contributed by atoms with Crippen molar-refractivity contribution in [3.63, 3.8) is 0 Å². The van der Waals surface area contributed by atoms with Crippen molar-refractivity contribution in [2.45, 2.75) is 51.4 Å². The van der Waals surface area contributed by atoms with Crippen molar-refractivity contribution in [2.75, 3.05) is 13.2 Å². The van der Waals surface area contributed by atoms with Crippen molar-refractivity contribution in [1.29, 1.82) is 0 Å². The first-order valence-corrected chi connectivity index (χ1v) is 7.32. The molecule has 0 bridgehead atoms. The van der Waals surface area contributed by atoms with Crippen LogP contribution in [0.5, 0.6) is 0 Å². The van der Waals surface area contributed by atoms with Crippen LogP contribution in [0, 0.1) is 0 Å². The van der Waals surface area contributed by atoms with Crippen molar-refractivity contribution < 1.29 is 17.9 Å². The lowest BCUT2D eigenvalue weighted by Gasteiger charge is -2.22. The standard InChI is InChI=1S/C16H24F3NO/c1-13(11-20-15-9-4-3-5-10-15)7-6-8-14(2)12-21-16(17,18)19/h6-8,15,20H,2-5,9-12H2,1H3/b8-6-,13-7+. The van der Waals surface area contributed by atoms with Crippen molar-refractivity contribution in [3.8, 4) is 0 Å². The lowest BCUT2D eigenvalue weighted by atomic mass is 9.95. The second-order valence-corrected chi connectivity index (χ2v) is 5.48. The van der Waals surface area contributed by atoms with Gasteiger partial charge in [0, 0.05) is 12.6 Å². The molecule has 21 heavy (non-hydrogen) atoms. The number of rotatable bonds is 7. The number of hydrogen-bond donors (Lipinski definition) is 1. The molecule has 0 unspecified atom stereocenters. The number of hydrogen-bond acceptors (Lipinski definition) is 2. The summed E-state index contributed by atoms with van der Waals surface area (Å²) in [4.78, 5) is 0. The lowest BCUT2D eigenvalue weighted by Crippen LogP contribution is -2.32. The Hall–Kier alpha value is -1.07. The maximum atomic E-state index is 11.8. The maximum Gasteiger partial charge on any atom is 0.522 e. The minimum Gasteiger partial charge on any atom is -0.310 e. The van der Waals surface area contributed by atoms with Gasteiger partial charge in [0.25, 0.3) is 0 Å². The Kier molecular flexibility index (Phi) is 7.75. The molecule has 1 aliphatic carbocycles. The van der Waals surface area contributed by atoms with Crippen LogP contribution in [0.1, 0.15) is 39.0 Å². The molecular formula is C16H24F3NO. The summed E-state index contributed by atoms with van der Waals surface area (Å²) < 4.78 is 39.2. The Morgan fingerprint density at radius 3 is 2.57 bits per heavy atom. The second kappa shape index (κ2) is 9.05. The van der Waals surface area contributed by atoms with Crippen LogP contribution in [-0.4, -0.2) is 25.6 Å². The van der Waals surface area contributed by atoms with E-state index in [2.05, 4.69) is 16.6 Å². The zero-order valence-electron chi connectivity index (χ0n) is 12.5. The van der Waals surface area contributed by atoms with Gasteiger partial charge in [0.15, 0.2) is 0 Å². The topological polar surface area (TPSA) is 21.3 Å². The number of ether oxygens (including phenoxy) is 1. The predicted molar refractivity (Wildman–Crippen MR) is 78.9 cm³/mol. The Bertz CT molecular complexity index is 379. The first-order valence-electron chi connectivity index (χ1n) is 7.32. The van der Waals surface area contributed by atoms with Gasteiger partial charge in [-0.15, -0.1) is 13.2 Å². The average molecular weight is 303 g/mol. The fourth-order valence-corrected chi connectivity index (χ4v) is 2.24. The smallest absolute Gasteiger partial charge is 0.310 e. The third-order valence-corrected chi connectivity index (χ3v) is 3.41. The molecule has 0 heterocycles. The van der Waals surface area contributed by atoms with E-state index in [4.69, 9.17) is 0 Å². The highest BCUT2D eigenvalue weighted by Crippen LogP contribution is 2.18. The SMILES string of the molecule is C=C(/C=C\C=C(/C)CNC1CCCCC1)COC(F)(F)F. The summed E-state index contributed by atoms with van der Waals surface area (Å²) in [5, 5.41) is 3.51. The lowest BCUT2D eigenvalue weighted by molar-refractivity contribution is -0.320. The number of halogens is 3. The summed E-state index contributed by atoms with van der Waals surface area (Å²) in [5.74, 6) is 0. The van der Waals surface area contributed by atoms with E-state index in [0.717, 1.165) is 12.1 Å². The van der Waals surface area contributed by atoms with E-state index in [0.29, 0.717) is 6.04 Å². The van der Waals surface area contributed by atoms with E-state index < -0.39 is 13.0 Å². The van der Waals surface area contributed by atoms with Crippen molar-refractivity contribution >= 4 is 0 Å². The monoisotopic (exact) mass is 303 g/mol. The van der Waals surface area contributed by atoms with Crippen LogP contribution >= 0.6 is 0 Å². The Morgan fingerprint density at radius 1 is 1.29 bits per heavy atom. The summed E-state index contributed by atoms with van der Waals surface area (Å²) >= 11 is 0. The zero-order valence-corrected chi connectivity index (χ0v) is 12.5. The molecule has 120 valence electrons. The van der Waals surface area contributed by atoms with Gasteiger partial charge in [-0.05, 0) is 25.3 Å². The Balaban J connectivity index is 2.23. The van der Waals surface area contributed by atoms with E-state index in [9.17, 15) is 13.2 Å². The third kappa shape index (κ3) is 9.47. The summed E-state index contributed by atoms with van der Waals surface area (Å²) in [6.45, 7) is 5.78. The van der Waals surface area contributed by atoms with Crippen LogP contribution in [0.15, 0.2) is 36.0 Å². The molecule has 0 atom stereocenters. The van der Waals surface area contributed by atoms with Gasteiger partial charge in [0.2, 0.25) is 0 Å². The molecule has 0 aromatic rings. The maximum absolute atomic E-state index is 11.8. The predicted octanol–water partition coefficient (Wildman–Crippen LogP) is 4.50. The molecule has 1 N–H and O–H groups in total. The first-order chi connectivity index (χ1) is 9.87. The van der Waals surface area contributed by atoms with Crippen molar-refractivity contribution in [1.82, 2.24) is 5.32 Å². The molecule has 2 nitrogen and oxygen atoms in total. The molecule has 5 heteroatoms. The van der Waals surface area contributed by atoms with Crippen LogP contribution in [0.4, 0.5) is 13.2 Å². The van der Waals surface area contributed by atoms with Crippen molar-refractivity contribution in [3.05, 3.63) is 36.0 Å². The van der Waals surface area contributed by atoms with Gasteiger partial charge in [-0.3, -0.25) is 4.74 Å². The van der Waals surface area contributed by atoms with E-state index in [1.165, 1.54) is 38.2 Å². The number of alkyl halides is 3. The number of allylic oxidation sites excluding steroid dienone is 2. The van der Waals surface area contributed by atoms with E-state index in [1.54, 1.807) is 6.08 Å². The van der Waals surface area contributed by atoms with Gasteiger partial charge >= 0.3 is 6.36 Å². The molecule has 0 spiro atoms. The van der Waals surface area contributed by atoms with Gasteiger partial charge in [0.1, 0.15) is 0 Å². The summed E-state index contributed by atoms with van der Waals surface area (Å²) in [7, 11) is 0. The Labute approximate surface area is 124 Å². The average Bonchev–Trinajstić information content (AvgIpc) is 2.43. The minimum atomic E-state index is -4.60. The van der Waals surface area contributed by atoms with Gasteiger partial charge < -0.3 is 5.32 Å². The molecule has 0 radical (unpaired) electrons. The third-order valence-electron chi connectivity index (χ3n) is 3.41. The summed E-state index contributed by atoms with van der Waals surface area (Å²) in [5.41, 5.74) is 1.43. The summed E-state index contributed by atoms with van der Waals surface area (Å²) in [6, 6.07) is 0.598. The van der Waals surface area contributed by atoms with Crippen LogP contribution in [0.3, 0.4) is 0 Å². The molecule has 1 rings (SSSR count). The zero-order chi connectivity index (χ0) is 15.7. The highest BCUT2D eigenvalue weighted by molar-refractivity contribution is 5.22. The van der Waals surface area contributed by atoms with Gasteiger partial charge in [-0.2, -0.15) is 0 Å². The highest BCUT2D eigenvalue weighted by atomic mass is 19.4. The molecule has 1 saturated carbocycles. The van der Waals surface area contributed by atoms with Crippen LogP contribution in [0.25, 0.3) is 0 Å². The van der Waals surface area contributed by atoms with E-state index in [-0.39, 0.29) is 5.57 Å². The Morgan fingerprint density at radius 2 is 1.95 bits per heavy atom. The van der Waals surface area contributed by atoms with Gasteiger partial charge in [-0.25, -0.2) is 0 Å². The van der Waals surface area contributed by atoms with Gasteiger partial charge in [0.05, 0.1) is 6.61 Å². The van der Waals surface area contributed by atoms with E-state index >= 15 is 0 Å². The molecule has 0 aliphatic heterocycles. The first kappa shape index (κ1) is 18.0. The van der Waals surface area contributed by atoms with Crippen LogP contribution in [-0.2, 0) is 4.74 Å². The van der Waals surface area contributed by atoms with Crippen molar-refractivity contribution in [2.24, 2.45) is 0 Å². The second-order valence-electron chi connectivity index (χ2n) is 5.48. The fraction of sp³-hybridized carbons (Fsp3) is 0.625. The highest BCUT2D eigenvalue weighted by Gasteiger charge is 2.28. The van der Waals surface area contributed by atoms with E-state index in [1.807, 2.05) is 13.0 Å². The number of nitrogens with one attached hydrogen (secondary N) is 1.